The molecule has 0 unspecified atom stereocenters. The maximum Gasteiger partial charge on any atom is 0.337 e. The molecule has 0 saturated carbocycles. The van der Waals surface area contributed by atoms with Crippen molar-refractivity contribution in [3.05, 3.63) is 29.3 Å². The highest BCUT2D eigenvalue weighted by Crippen LogP contribution is 2.26. The third-order valence-electron chi connectivity index (χ3n) is 2.76. The van der Waals surface area contributed by atoms with E-state index in [-0.39, 0.29) is 12.6 Å². The number of aromatic nitrogens is 1. The van der Waals surface area contributed by atoms with Crippen molar-refractivity contribution in [3.63, 3.8) is 0 Å². The number of aromatic amines is 1. The molecular weight excluding hydrogens is 248 g/mol. The van der Waals surface area contributed by atoms with Gasteiger partial charge in [-0.1, -0.05) is 6.07 Å². The van der Waals surface area contributed by atoms with Crippen molar-refractivity contribution >= 4 is 22.7 Å². The Bertz CT molecular complexity index is 592. The first-order valence-corrected chi connectivity index (χ1v) is 5.90. The van der Waals surface area contributed by atoms with Crippen molar-refractivity contribution in [2.24, 2.45) is 0 Å². The van der Waals surface area contributed by atoms with Crippen LogP contribution in [0.15, 0.2) is 18.2 Å². The number of H-pyrrole nitrogens is 1. The summed E-state index contributed by atoms with van der Waals surface area (Å²) in [7, 11) is 1.34. The summed E-state index contributed by atoms with van der Waals surface area (Å²) in [6, 6.07) is 5.19. The molecule has 102 valence electrons. The van der Waals surface area contributed by atoms with Crippen LogP contribution >= 0.6 is 0 Å². The molecule has 0 aliphatic heterocycles. The van der Waals surface area contributed by atoms with E-state index in [0.717, 1.165) is 16.5 Å². The maximum absolute atomic E-state index is 11.4. The summed E-state index contributed by atoms with van der Waals surface area (Å²) in [5.41, 5.74) is 7.92. The van der Waals surface area contributed by atoms with Crippen molar-refractivity contribution < 1.29 is 19.3 Å². The van der Waals surface area contributed by atoms with Crippen LogP contribution in [0.3, 0.4) is 0 Å². The van der Waals surface area contributed by atoms with E-state index in [9.17, 15) is 4.79 Å². The van der Waals surface area contributed by atoms with Gasteiger partial charge < -0.3 is 15.5 Å². The van der Waals surface area contributed by atoms with Crippen LogP contribution < -0.4 is 5.73 Å². The Kier molecular flexibility index (Phi) is 4.03. The SMILES string of the molecule is CCOOCc1c(N)[nH]c2cc(C(=O)OC)ccc12. The van der Waals surface area contributed by atoms with Gasteiger partial charge in [-0.25, -0.2) is 14.6 Å². The van der Waals surface area contributed by atoms with E-state index in [2.05, 4.69) is 9.72 Å². The fraction of sp³-hybridized carbons (Fsp3) is 0.308. The van der Waals surface area contributed by atoms with Crippen LogP contribution in [0.4, 0.5) is 5.82 Å². The number of fused-ring (bicyclic) bond motifs is 1. The normalized spacial score (nSPS) is 10.8. The molecule has 0 amide bonds. The number of carbonyl (C=O) groups excluding carboxylic acids is 1. The second-order valence-electron chi connectivity index (χ2n) is 3.94. The van der Waals surface area contributed by atoms with Crippen molar-refractivity contribution in [1.82, 2.24) is 4.98 Å². The predicted octanol–water partition coefficient (Wildman–Crippen LogP) is 2.00. The zero-order valence-corrected chi connectivity index (χ0v) is 10.9. The van der Waals surface area contributed by atoms with Gasteiger partial charge in [0, 0.05) is 16.5 Å². The molecule has 0 aliphatic rings. The molecule has 3 N–H and O–H groups in total. The number of methoxy groups -OCH3 is 1. The van der Waals surface area contributed by atoms with Crippen LogP contribution in [-0.4, -0.2) is 24.7 Å². The van der Waals surface area contributed by atoms with Gasteiger partial charge in [0.2, 0.25) is 0 Å². The Hall–Kier alpha value is -2.05. The first-order chi connectivity index (χ1) is 9.17. The minimum Gasteiger partial charge on any atom is -0.465 e. The highest BCUT2D eigenvalue weighted by atomic mass is 17.2. The summed E-state index contributed by atoms with van der Waals surface area (Å²) in [4.78, 5) is 24.3. The Morgan fingerprint density at radius 2 is 2.16 bits per heavy atom. The molecule has 6 nitrogen and oxygen atoms in total. The highest BCUT2D eigenvalue weighted by Gasteiger charge is 2.12. The molecule has 2 aromatic rings. The van der Waals surface area contributed by atoms with Crippen LogP contribution in [0.25, 0.3) is 10.9 Å². The number of nitrogens with two attached hydrogens (primary N) is 1. The Morgan fingerprint density at radius 1 is 1.37 bits per heavy atom. The number of hydrogen-bond acceptors (Lipinski definition) is 5. The number of rotatable bonds is 5. The topological polar surface area (TPSA) is 86.6 Å². The summed E-state index contributed by atoms with van der Waals surface area (Å²) >= 11 is 0. The summed E-state index contributed by atoms with van der Waals surface area (Å²) in [6.45, 7) is 2.55. The Labute approximate surface area is 110 Å². The van der Waals surface area contributed by atoms with Gasteiger partial charge in [0.25, 0.3) is 0 Å². The average molecular weight is 264 g/mol. The van der Waals surface area contributed by atoms with Crippen molar-refractivity contribution in [2.75, 3.05) is 19.5 Å². The third kappa shape index (κ3) is 2.69. The molecule has 0 atom stereocenters. The van der Waals surface area contributed by atoms with Gasteiger partial charge in [-0.3, -0.25) is 0 Å². The summed E-state index contributed by atoms with van der Waals surface area (Å²) in [6.07, 6.45) is 0. The lowest BCUT2D eigenvalue weighted by atomic mass is 10.1. The number of nitrogens with one attached hydrogen (secondary N) is 1. The zero-order valence-electron chi connectivity index (χ0n) is 10.9. The number of hydrogen-bond donors (Lipinski definition) is 2. The molecule has 2 rings (SSSR count). The number of nitrogen functional groups attached to an aromatic ring is 1. The molecule has 6 heteroatoms. The van der Waals surface area contributed by atoms with Crippen molar-refractivity contribution in [2.45, 2.75) is 13.5 Å². The standard InChI is InChI=1S/C13H16N2O4/c1-3-18-19-7-10-9-5-4-8(13(16)17-2)6-11(9)15-12(10)14/h4-6,15H,3,7,14H2,1-2H3. The summed E-state index contributed by atoms with van der Waals surface area (Å²) in [5, 5.41) is 0.893. The lowest BCUT2D eigenvalue weighted by molar-refractivity contribution is -0.300. The van der Waals surface area contributed by atoms with Crippen LogP contribution in [0.1, 0.15) is 22.8 Å². The molecular formula is C13H16N2O4. The molecule has 0 saturated heterocycles. The molecule has 1 aromatic carbocycles. The van der Waals surface area contributed by atoms with E-state index < -0.39 is 0 Å². The first kappa shape index (κ1) is 13.4. The average Bonchev–Trinajstić information content (AvgIpc) is 2.73. The third-order valence-corrected chi connectivity index (χ3v) is 2.76. The minimum atomic E-state index is -0.387. The van der Waals surface area contributed by atoms with E-state index in [1.54, 1.807) is 18.2 Å². The fourth-order valence-electron chi connectivity index (χ4n) is 1.86. The second kappa shape index (κ2) is 5.73. The second-order valence-corrected chi connectivity index (χ2v) is 3.94. The van der Waals surface area contributed by atoms with Gasteiger partial charge >= 0.3 is 5.97 Å². The maximum atomic E-state index is 11.4. The van der Waals surface area contributed by atoms with E-state index in [0.29, 0.717) is 18.0 Å². The van der Waals surface area contributed by atoms with Gasteiger partial charge in [0.15, 0.2) is 0 Å². The van der Waals surface area contributed by atoms with Gasteiger partial charge in [-0.15, -0.1) is 0 Å². The molecule has 0 spiro atoms. The van der Waals surface area contributed by atoms with E-state index >= 15 is 0 Å². The molecule has 0 radical (unpaired) electrons. The van der Waals surface area contributed by atoms with Crippen LogP contribution in [0.5, 0.6) is 0 Å². The number of anilines is 1. The largest absolute Gasteiger partial charge is 0.465 e. The van der Waals surface area contributed by atoms with Crippen molar-refractivity contribution in [1.29, 1.82) is 0 Å². The first-order valence-electron chi connectivity index (χ1n) is 5.90. The summed E-state index contributed by atoms with van der Waals surface area (Å²) in [5.74, 6) is 0.110. The number of esters is 1. The van der Waals surface area contributed by atoms with Gasteiger partial charge in [-0.05, 0) is 19.1 Å². The Balaban J connectivity index is 2.33. The molecule has 1 heterocycles. The smallest absolute Gasteiger partial charge is 0.337 e. The molecule has 0 fully saturated rings. The van der Waals surface area contributed by atoms with Gasteiger partial charge in [0.1, 0.15) is 12.4 Å². The molecule has 19 heavy (non-hydrogen) atoms. The minimum absolute atomic E-state index is 0.247. The van der Waals surface area contributed by atoms with E-state index in [4.69, 9.17) is 15.5 Å². The number of carbonyl (C=O) groups is 1. The van der Waals surface area contributed by atoms with E-state index in [1.807, 2.05) is 6.92 Å². The van der Waals surface area contributed by atoms with Crippen LogP contribution in [0.2, 0.25) is 0 Å². The van der Waals surface area contributed by atoms with E-state index in [1.165, 1.54) is 7.11 Å². The lowest BCUT2D eigenvalue weighted by Gasteiger charge is -2.02. The lowest BCUT2D eigenvalue weighted by Crippen LogP contribution is -2.00. The number of ether oxygens (including phenoxy) is 1. The van der Waals surface area contributed by atoms with Crippen molar-refractivity contribution in [3.8, 4) is 0 Å². The zero-order chi connectivity index (χ0) is 13.8. The van der Waals surface area contributed by atoms with Crippen LogP contribution in [-0.2, 0) is 21.1 Å². The fourth-order valence-corrected chi connectivity index (χ4v) is 1.86. The highest BCUT2D eigenvalue weighted by molar-refractivity contribution is 5.96. The van der Waals surface area contributed by atoms with Gasteiger partial charge in [0.05, 0.1) is 19.3 Å². The predicted molar refractivity (Wildman–Crippen MR) is 70.5 cm³/mol. The van der Waals surface area contributed by atoms with Crippen LogP contribution in [0, 0.1) is 0 Å². The monoisotopic (exact) mass is 264 g/mol. The Morgan fingerprint density at radius 3 is 2.84 bits per heavy atom. The quantitative estimate of drug-likeness (QED) is 0.373. The number of benzene rings is 1. The molecule has 0 bridgehead atoms. The summed E-state index contributed by atoms with van der Waals surface area (Å²) < 4.78 is 4.67. The molecule has 1 aromatic heterocycles. The molecule has 0 aliphatic carbocycles. The van der Waals surface area contributed by atoms with Gasteiger partial charge in [-0.2, -0.15) is 0 Å².